The van der Waals surface area contributed by atoms with Gasteiger partial charge in [-0.05, 0) is 93.1 Å². The standard InChI is InChI=1S/C31H40N4O3/c1-6-26-16-25(11-12-38-26)35-29-15-24(23-9-7-22(8-10-23)17-32-5)14-27(21(29)4)30(36)33-18-28-19(2)13-20(3)34-31(28)37/h7-10,13-15,25-26,32,35H,6,11-12,16-18H2,1-5H3,(H,33,36)(H,34,37). The first-order chi connectivity index (χ1) is 18.3. The second-order valence-electron chi connectivity index (χ2n) is 10.3. The molecule has 1 aromatic heterocycles. The molecule has 2 aromatic carbocycles. The van der Waals surface area contributed by atoms with E-state index in [0.29, 0.717) is 11.1 Å². The summed E-state index contributed by atoms with van der Waals surface area (Å²) in [6.45, 7) is 9.59. The lowest BCUT2D eigenvalue weighted by Crippen LogP contribution is -2.34. The third-order valence-electron chi connectivity index (χ3n) is 7.42. The highest BCUT2D eigenvalue weighted by Gasteiger charge is 2.23. The van der Waals surface area contributed by atoms with E-state index in [9.17, 15) is 9.59 Å². The van der Waals surface area contributed by atoms with Gasteiger partial charge in [-0.1, -0.05) is 31.2 Å². The van der Waals surface area contributed by atoms with Crippen LogP contribution >= 0.6 is 0 Å². The summed E-state index contributed by atoms with van der Waals surface area (Å²) < 4.78 is 5.87. The highest BCUT2D eigenvalue weighted by molar-refractivity contribution is 5.98. The van der Waals surface area contributed by atoms with E-state index in [0.717, 1.165) is 66.0 Å². The number of amides is 1. The van der Waals surface area contributed by atoms with Crippen molar-refractivity contribution in [3.05, 3.63) is 86.3 Å². The molecule has 7 heteroatoms. The molecule has 4 rings (SSSR count). The van der Waals surface area contributed by atoms with Crippen LogP contribution in [0.3, 0.4) is 0 Å². The minimum Gasteiger partial charge on any atom is -0.382 e. The van der Waals surface area contributed by atoms with E-state index >= 15 is 0 Å². The first-order valence-corrected chi connectivity index (χ1v) is 13.5. The molecule has 7 nitrogen and oxygen atoms in total. The molecule has 0 bridgehead atoms. The molecule has 0 spiro atoms. The van der Waals surface area contributed by atoms with E-state index in [1.165, 1.54) is 5.56 Å². The molecule has 0 aliphatic carbocycles. The van der Waals surface area contributed by atoms with Crippen LogP contribution in [-0.4, -0.2) is 36.7 Å². The fourth-order valence-corrected chi connectivity index (χ4v) is 5.17. The molecular weight excluding hydrogens is 476 g/mol. The number of pyridine rings is 1. The van der Waals surface area contributed by atoms with Crippen LogP contribution in [0.25, 0.3) is 11.1 Å². The maximum Gasteiger partial charge on any atom is 0.253 e. The van der Waals surface area contributed by atoms with Crippen molar-refractivity contribution in [1.29, 1.82) is 0 Å². The molecule has 1 fully saturated rings. The maximum atomic E-state index is 13.5. The molecule has 2 atom stereocenters. The number of benzene rings is 2. The number of ether oxygens (including phenoxy) is 1. The number of hydrogen-bond acceptors (Lipinski definition) is 5. The third kappa shape index (κ3) is 6.52. The minimum absolute atomic E-state index is 0.165. The Kier molecular flexibility index (Phi) is 9.02. The van der Waals surface area contributed by atoms with Gasteiger partial charge in [0.2, 0.25) is 0 Å². The normalized spacial score (nSPS) is 17.3. The van der Waals surface area contributed by atoms with Crippen molar-refractivity contribution in [1.82, 2.24) is 15.6 Å². The number of aryl methyl sites for hydroxylation is 2. The van der Waals surface area contributed by atoms with E-state index in [1.807, 2.05) is 40.0 Å². The third-order valence-corrected chi connectivity index (χ3v) is 7.42. The summed E-state index contributed by atoms with van der Waals surface area (Å²) in [4.78, 5) is 28.8. The van der Waals surface area contributed by atoms with Crippen LogP contribution < -0.4 is 21.5 Å². The first-order valence-electron chi connectivity index (χ1n) is 13.5. The molecule has 3 aromatic rings. The summed E-state index contributed by atoms with van der Waals surface area (Å²) >= 11 is 0. The van der Waals surface area contributed by atoms with Crippen LogP contribution in [0.2, 0.25) is 0 Å². The fraction of sp³-hybridized carbons (Fsp3) is 0.419. The number of aromatic amines is 1. The van der Waals surface area contributed by atoms with Crippen molar-refractivity contribution in [3.63, 3.8) is 0 Å². The second kappa shape index (κ2) is 12.4. The number of carbonyl (C=O) groups is 1. The molecule has 38 heavy (non-hydrogen) atoms. The van der Waals surface area contributed by atoms with Gasteiger partial charge in [0.25, 0.3) is 11.5 Å². The van der Waals surface area contributed by atoms with Gasteiger partial charge in [0, 0.05) is 48.2 Å². The quantitative estimate of drug-likeness (QED) is 0.322. The molecule has 1 amide bonds. The van der Waals surface area contributed by atoms with E-state index in [1.54, 1.807) is 0 Å². The zero-order chi connectivity index (χ0) is 27.2. The zero-order valence-electron chi connectivity index (χ0n) is 23.2. The summed E-state index contributed by atoms with van der Waals surface area (Å²) in [7, 11) is 1.93. The molecule has 1 aliphatic heterocycles. The van der Waals surface area contributed by atoms with Crippen LogP contribution in [0.1, 0.15) is 64.5 Å². The number of nitrogens with one attached hydrogen (secondary N) is 4. The molecule has 2 heterocycles. The first kappa shape index (κ1) is 27.6. The number of carbonyl (C=O) groups excluding carboxylic acids is 1. The number of hydrogen-bond donors (Lipinski definition) is 4. The van der Waals surface area contributed by atoms with Crippen molar-refractivity contribution >= 4 is 11.6 Å². The SMILES string of the molecule is CCC1CC(Nc2cc(-c3ccc(CNC)cc3)cc(C(=O)NCc3c(C)cc(C)[nH]c3=O)c2C)CCO1. The summed E-state index contributed by atoms with van der Waals surface area (Å²) in [5.41, 5.74) is 7.76. The predicted molar refractivity (Wildman–Crippen MR) is 154 cm³/mol. The highest BCUT2D eigenvalue weighted by Crippen LogP contribution is 2.31. The predicted octanol–water partition coefficient (Wildman–Crippen LogP) is 4.99. The molecule has 0 saturated carbocycles. The van der Waals surface area contributed by atoms with E-state index in [4.69, 9.17) is 4.74 Å². The van der Waals surface area contributed by atoms with Gasteiger partial charge in [-0.25, -0.2) is 0 Å². The molecule has 1 aliphatic rings. The van der Waals surface area contributed by atoms with Crippen LogP contribution in [0.4, 0.5) is 5.69 Å². The van der Waals surface area contributed by atoms with Gasteiger partial charge in [-0.3, -0.25) is 9.59 Å². The van der Waals surface area contributed by atoms with E-state index in [2.05, 4.69) is 58.2 Å². The lowest BCUT2D eigenvalue weighted by Gasteiger charge is -2.31. The lowest BCUT2D eigenvalue weighted by molar-refractivity contribution is 0.00924. The van der Waals surface area contributed by atoms with Crippen LogP contribution in [0.5, 0.6) is 0 Å². The molecule has 0 radical (unpaired) electrons. The summed E-state index contributed by atoms with van der Waals surface area (Å²) in [5, 5.41) is 9.90. The Morgan fingerprint density at radius 1 is 1.05 bits per heavy atom. The Labute approximate surface area is 225 Å². The van der Waals surface area contributed by atoms with Gasteiger partial charge in [0.1, 0.15) is 0 Å². The largest absolute Gasteiger partial charge is 0.382 e. The lowest BCUT2D eigenvalue weighted by atomic mass is 9.95. The Hall–Kier alpha value is -3.42. The summed E-state index contributed by atoms with van der Waals surface area (Å²) in [6, 6.07) is 14.7. The Balaban J connectivity index is 1.65. The zero-order valence-corrected chi connectivity index (χ0v) is 23.2. The summed E-state index contributed by atoms with van der Waals surface area (Å²) in [6.07, 6.45) is 3.11. The second-order valence-corrected chi connectivity index (χ2v) is 10.3. The van der Waals surface area contributed by atoms with Gasteiger partial charge in [0.05, 0.1) is 6.10 Å². The Morgan fingerprint density at radius 3 is 2.50 bits per heavy atom. The molecule has 2 unspecified atom stereocenters. The Morgan fingerprint density at radius 2 is 1.82 bits per heavy atom. The van der Waals surface area contributed by atoms with Crippen LogP contribution in [0.15, 0.2) is 47.3 Å². The smallest absolute Gasteiger partial charge is 0.253 e. The molecule has 4 N–H and O–H groups in total. The average Bonchev–Trinajstić information content (AvgIpc) is 2.90. The van der Waals surface area contributed by atoms with Gasteiger partial charge in [-0.2, -0.15) is 0 Å². The van der Waals surface area contributed by atoms with E-state index in [-0.39, 0.29) is 30.2 Å². The maximum absolute atomic E-state index is 13.5. The van der Waals surface area contributed by atoms with Crippen LogP contribution in [-0.2, 0) is 17.8 Å². The van der Waals surface area contributed by atoms with Crippen molar-refractivity contribution in [2.45, 2.75) is 72.2 Å². The van der Waals surface area contributed by atoms with Crippen molar-refractivity contribution in [3.8, 4) is 11.1 Å². The fourth-order valence-electron chi connectivity index (χ4n) is 5.17. The van der Waals surface area contributed by atoms with Gasteiger partial charge >= 0.3 is 0 Å². The van der Waals surface area contributed by atoms with Gasteiger partial charge in [0.15, 0.2) is 0 Å². The topological polar surface area (TPSA) is 95.2 Å². The monoisotopic (exact) mass is 516 g/mol. The minimum atomic E-state index is -0.197. The molecule has 1 saturated heterocycles. The van der Waals surface area contributed by atoms with E-state index < -0.39 is 0 Å². The number of aromatic nitrogens is 1. The average molecular weight is 517 g/mol. The number of rotatable bonds is 9. The number of H-pyrrole nitrogens is 1. The van der Waals surface area contributed by atoms with Crippen molar-refractivity contribution < 1.29 is 9.53 Å². The van der Waals surface area contributed by atoms with Crippen molar-refractivity contribution in [2.24, 2.45) is 0 Å². The van der Waals surface area contributed by atoms with Gasteiger partial charge < -0.3 is 25.7 Å². The number of anilines is 1. The summed E-state index contributed by atoms with van der Waals surface area (Å²) in [5.74, 6) is -0.197. The van der Waals surface area contributed by atoms with Gasteiger partial charge in [-0.15, -0.1) is 0 Å². The molecule has 202 valence electrons. The van der Waals surface area contributed by atoms with Crippen LogP contribution in [0, 0.1) is 20.8 Å². The highest BCUT2D eigenvalue weighted by atomic mass is 16.5. The van der Waals surface area contributed by atoms with Crippen molar-refractivity contribution in [2.75, 3.05) is 19.0 Å². The Bertz CT molecular complexity index is 1330. The molecular formula is C31H40N4O3.